The van der Waals surface area contributed by atoms with Gasteiger partial charge < -0.3 is 10.2 Å². The van der Waals surface area contributed by atoms with Crippen LogP contribution in [0.4, 0.5) is 0 Å². The second-order valence-electron chi connectivity index (χ2n) is 5.99. The monoisotopic (exact) mass is 332 g/mol. The molecule has 0 aliphatic rings. The summed E-state index contributed by atoms with van der Waals surface area (Å²) in [6, 6.07) is 2.77. The fourth-order valence-corrected chi connectivity index (χ4v) is 3.38. The molecule has 0 bridgehead atoms. The Morgan fingerprint density at radius 3 is 2.56 bits per heavy atom. The van der Waals surface area contributed by atoms with E-state index in [-0.39, 0.29) is 0 Å². The van der Waals surface area contributed by atoms with Crippen molar-refractivity contribution in [1.82, 2.24) is 10.2 Å². The Kier molecular flexibility index (Phi) is 6.31. The quantitative estimate of drug-likeness (QED) is 0.847. The normalized spacial score (nSPS) is 14.2. The third-order valence-electron chi connectivity index (χ3n) is 3.27. The lowest BCUT2D eigenvalue weighted by Crippen LogP contribution is -2.40. The highest BCUT2D eigenvalue weighted by molar-refractivity contribution is 9.11. The Morgan fingerprint density at radius 2 is 2.11 bits per heavy atom. The molecule has 0 fully saturated rings. The van der Waals surface area contributed by atoms with Crippen LogP contribution in [0, 0.1) is 5.41 Å². The van der Waals surface area contributed by atoms with Crippen molar-refractivity contribution in [2.45, 2.75) is 39.8 Å². The second-order valence-corrected chi connectivity index (χ2v) is 8.28. The molecule has 1 aromatic rings. The van der Waals surface area contributed by atoms with Gasteiger partial charge in [-0.15, -0.1) is 11.3 Å². The van der Waals surface area contributed by atoms with Gasteiger partial charge in [-0.1, -0.05) is 20.8 Å². The van der Waals surface area contributed by atoms with Gasteiger partial charge in [-0.2, -0.15) is 0 Å². The van der Waals surface area contributed by atoms with Crippen molar-refractivity contribution in [3.05, 3.63) is 20.8 Å². The number of hydrogen-bond acceptors (Lipinski definition) is 3. The molecule has 0 aliphatic heterocycles. The molecular formula is C14H25BrN2S. The molecule has 18 heavy (non-hydrogen) atoms. The average Bonchev–Trinajstić information content (AvgIpc) is 2.62. The first-order valence-electron chi connectivity index (χ1n) is 6.41. The molecule has 0 aliphatic carbocycles. The van der Waals surface area contributed by atoms with Gasteiger partial charge in [-0.05, 0) is 65.4 Å². The van der Waals surface area contributed by atoms with Crippen molar-refractivity contribution in [3.63, 3.8) is 0 Å². The van der Waals surface area contributed by atoms with E-state index in [1.54, 1.807) is 11.3 Å². The number of nitrogens with one attached hydrogen (secondary N) is 1. The number of nitrogens with zero attached hydrogens (tertiary/aromatic N) is 1. The van der Waals surface area contributed by atoms with Gasteiger partial charge in [-0.3, -0.25) is 0 Å². The van der Waals surface area contributed by atoms with Crippen molar-refractivity contribution in [2.24, 2.45) is 5.41 Å². The molecule has 0 saturated heterocycles. The van der Waals surface area contributed by atoms with Crippen molar-refractivity contribution < 1.29 is 0 Å². The van der Waals surface area contributed by atoms with Crippen molar-refractivity contribution in [3.8, 4) is 0 Å². The number of thiophene rings is 1. The summed E-state index contributed by atoms with van der Waals surface area (Å²) in [5.41, 5.74) is 1.72. The van der Waals surface area contributed by atoms with Crippen LogP contribution < -0.4 is 5.32 Å². The lowest BCUT2D eigenvalue weighted by Gasteiger charge is -2.31. The molecule has 4 heteroatoms. The van der Waals surface area contributed by atoms with Crippen LogP contribution in [0.1, 0.15) is 32.8 Å². The van der Waals surface area contributed by atoms with E-state index in [2.05, 4.69) is 72.5 Å². The predicted molar refractivity (Wildman–Crippen MR) is 85.3 cm³/mol. The van der Waals surface area contributed by atoms with E-state index in [0.29, 0.717) is 11.5 Å². The summed E-state index contributed by atoms with van der Waals surface area (Å²) in [4.78, 5) is 2.39. The third kappa shape index (κ3) is 5.39. The maximum absolute atomic E-state index is 3.51. The lowest BCUT2D eigenvalue weighted by molar-refractivity contribution is 0.227. The summed E-state index contributed by atoms with van der Waals surface area (Å²) in [5, 5.41) is 5.66. The largest absolute Gasteiger partial charge is 0.316 e. The fraction of sp³-hybridized carbons (Fsp3) is 0.714. The average molecular weight is 333 g/mol. The van der Waals surface area contributed by atoms with Crippen LogP contribution in [0.2, 0.25) is 0 Å². The number of rotatable bonds is 6. The van der Waals surface area contributed by atoms with Gasteiger partial charge >= 0.3 is 0 Å². The van der Waals surface area contributed by atoms with Crippen LogP contribution in [0.5, 0.6) is 0 Å². The zero-order valence-corrected chi connectivity index (χ0v) is 14.5. The summed E-state index contributed by atoms with van der Waals surface area (Å²) in [6.45, 7) is 9.04. The summed E-state index contributed by atoms with van der Waals surface area (Å²) in [7, 11) is 4.26. The van der Waals surface area contributed by atoms with E-state index < -0.39 is 0 Å². The Hall–Kier alpha value is 0.100. The first kappa shape index (κ1) is 16.2. The number of hydrogen-bond donors (Lipinski definition) is 1. The molecule has 0 amide bonds. The number of halogens is 1. The van der Waals surface area contributed by atoms with E-state index in [1.165, 1.54) is 15.8 Å². The molecule has 0 aromatic carbocycles. The predicted octanol–water partition coefficient (Wildman–Crippen LogP) is 3.97. The topological polar surface area (TPSA) is 15.3 Å². The highest BCUT2D eigenvalue weighted by Crippen LogP contribution is 2.23. The molecule has 1 atom stereocenters. The molecule has 1 N–H and O–H groups in total. The summed E-state index contributed by atoms with van der Waals surface area (Å²) in [6.07, 6.45) is 1.18. The molecule has 0 radical (unpaired) electrons. The molecule has 104 valence electrons. The fourth-order valence-electron chi connectivity index (χ4n) is 2.18. The van der Waals surface area contributed by atoms with Crippen molar-refractivity contribution >= 4 is 27.3 Å². The van der Waals surface area contributed by atoms with Crippen LogP contribution in [0.15, 0.2) is 15.2 Å². The van der Waals surface area contributed by atoms with E-state index in [1.807, 2.05) is 0 Å². The van der Waals surface area contributed by atoms with Gasteiger partial charge in [0.1, 0.15) is 0 Å². The van der Waals surface area contributed by atoms with Gasteiger partial charge in [0.05, 0.1) is 3.79 Å². The molecule has 2 nitrogen and oxygen atoms in total. The second kappa shape index (κ2) is 7.04. The summed E-state index contributed by atoms with van der Waals surface area (Å²) >= 11 is 5.27. The van der Waals surface area contributed by atoms with Gasteiger partial charge in [0.2, 0.25) is 0 Å². The SMILES string of the molecule is CNC(CCN(C)Cc1csc(Br)c1)C(C)(C)C. The van der Waals surface area contributed by atoms with Crippen LogP contribution in [-0.4, -0.2) is 31.6 Å². The van der Waals surface area contributed by atoms with Crippen molar-refractivity contribution in [2.75, 3.05) is 20.6 Å². The van der Waals surface area contributed by atoms with Crippen LogP contribution in [0.25, 0.3) is 0 Å². The Morgan fingerprint density at radius 1 is 1.44 bits per heavy atom. The first-order chi connectivity index (χ1) is 8.32. The molecule has 1 aromatic heterocycles. The highest BCUT2D eigenvalue weighted by Gasteiger charge is 2.22. The minimum atomic E-state index is 0.320. The molecular weight excluding hydrogens is 308 g/mol. The molecule has 0 saturated carbocycles. The maximum Gasteiger partial charge on any atom is 0.0701 e. The van der Waals surface area contributed by atoms with E-state index in [9.17, 15) is 0 Å². The Balaban J connectivity index is 2.38. The van der Waals surface area contributed by atoms with Gasteiger partial charge in [0.25, 0.3) is 0 Å². The van der Waals surface area contributed by atoms with Gasteiger partial charge in [-0.25, -0.2) is 0 Å². The summed E-state index contributed by atoms with van der Waals surface area (Å²) < 4.78 is 1.22. The Labute approximate surface area is 124 Å². The molecule has 0 spiro atoms. The lowest BCUT2D eigenvalue weighted by atomic mass is 9.85. The smallest absolute Gasteiger partial charge is 0.0701 e. The summed E-state index contributed by atoms with van der Waals surface area (Å²) in [5.74, 6) is 0. The van der Waals surface area contributed by atoms with E-state index >= 15 is 0 Å². The van der Waals surface area contributed by atoms with Crippen LogP contribution in [0.3, 0.4) is 0 Å². The van der Waals surface area contributed by atoms with Crippen LogP contribution >= 0.6 is 27.3 Å². The van der Waals surface area contributed by atoms with Crippen molar-refractivity contribution in [1.29, 1.82) is 0 Å². The van der Waals surface area contributed by atoms with E-state index in [0.717, 1.165) is 13.1 Å². The zero-order valence-electron chi connectivity index (χ0n) is 12.1. The molecule has 1 heterocycles. The molecule has 1 rings (SSSR count). The first-order valence-corrected chi connectivity index (χ1v) is 8.09. The van der Waals surface area contributed by atoms with Gasteiger partial charge in [0, 0.05) is 12.6 Å². The van der Waals surface area contributed by atoms with Crippen LogP contribution in [-0.2, 0) is 6.54 Å². The maximum atomic E-state index is 3.51. The highest BCUT2D eigenvalue weighted by atomic mass is 79.9. The van der Waals surface area contributed by atoms with Gasteiger partial charge in [0.15, 0.2) is 0 Å². The third-order valence-corrected chi connectivity index (χ3v) is 4.82. The van der Waals surface area contributed by atoms with E-state index in [4.69, 9.17) is 0 Å². The Bertz CT molecular complexity index is 357. The minimum Gasteiger partial charge on any atom is -0.316 e. The zero-order chi connectivity index (χ0) is 13.8. The standard InChI is InChI=1S/C14H25BrN2S/c1-14(2,3)12(16-4)6-7-17(5)9-11-8-13(15)18-10-11/h8,10,12,16H,6-7,9H2,1-5H3. The molecule has 1 unspecified atom stereocenters. The minimum absolute atomic E-state index is 0.320.